The number of aryl methyl sites for hydroxylation is 1. The van der Waals surface area contributed by atoms with Crippen molar-refractivity contribution in [2.45, 2.75) is 83.8 Å². The fraction of sp³-hybridized carbons (Fsp3) is 0.560. The predicted molar refractivity (Wildman–Crippen MR) is 126 cm³/mol. The monoisotopic (exact) mass is 471 g/mol. The average Bonchev–Trinajstić information content (AvgIpc) is 3.49. The van der Waals surface area contributed by atoms with Crippen molar-refractivity contribution in [3.05, 3.63) is 41.8 Å². The first-order chi connectivity index (χ1) is 16.1. The molecule has 184 valence electrons. The van der Waals surface area contributed by atoms with Crippen LogP contribution < -0.4 is 11.1 Å². The summed E-state index contributed by atoms with van der Waals surface area (Å²) in [7, 11) is 0. The van der Waals surface area contributed by atoms with Crippen molar-refractivity contribution in [3.63, 3.8) is 0 Å². The van der Waals surface area contributed by atoms with E-state index >= 15 is 0 Å². The molecule has 1 aliphatic carbocycles. The van der Waals surface area contributed by atoms with Gasteiger partial charge in [-0.1, -0.05) is 12.1 Å². The van der Waals surface area contributed by atoms with E-state index in [0.29, 0.717) is 12.1 Å². The third-order valence-electron chi connectivity index (χ3n) is 6.59. The summed E-state index contributed by atoms with van der Waals surface area (Å²) < 4.78 is 22.2. The number of likely N-dealkylation sites (tertiary alicyclic amines) is 1. The molecule has 2 aromatic rings. The second-order valence-electron chi connectivity index (χ2n) is 10.2. The van der Waals surface area contributed by atoms with Crippen molar-refractivity contribution < 1.29 is 18.7 Å². The van der Waals surface area contributed by atoms with Crippen LogP contribution in [0.25, 0.3) is 11.3 Å². The number of amides is 2. The van der Waals surface area contributed by atoms with Gasteiger partial charge in [-0.2, -0.15) is 5.10 Å². The van der Waals surface area contributed by atoms with E-state index in [1.807, 2.05) is 19.1 Å². The van der Waals surface area contributed by atoms with Crippen molar-refractivity contribution in [3.8, 4) is 11.3 Å². The van der Waals surface area contributed by atoms with E-state index in [4.69, 9.17) is 10.5 Å². The van der Waals surface area contributed by atoms with E-state index in [2.05, 4.69) is 10.4 Å². The highest BCUT2D eigenvalue weighted by atomic mass is 19.1. The largest absolute Gasteiger partial charge is 0.444 e. The Morgan fingerprint density at radius 1 is 1.29 bits per heavy atom. The fourth-order valence-corrected chi connectivity index (χ4v) is 5.16. The lowest BCUT2D eigenvalue weighted by atomic mass is 9.97. The van der Waals surface area contributed by atoms with Crippen LogP contribution in [0.2, 0.25) is 0 Å². The minimum Gasteiger partial charge on any atom is -0.444 e. The minimum atomic E-state index is -0.784. The summed E-state index contributed by atoms with van der Waals surface area (Å²) in [5.74, 6) is -0.611. The van der Waals surface area contributed by atoms with Gasteiger partial charge in [-0.05, 0) is 70.6 Å². The number of carbonyl (C=O) groups is 2. The van der Waals surface area contributed by atoms with Crippen LogP contribution in [0.1, 0.15) is 52.5 Å². The number of piperidine rings is 1. The Bertz CT molecular complexity index is 1060. The summed E-state index contributed by atoms with van der Waals surface area (Å²) in [5.41, 5.74) is 7.53. The predicted octanol–water partition coefficient (Wildman–Crippen LogP) is 3.44. The molecular weight excluding hydrogens is 437 g/mol. The molecule has 0 spiro atoms. The number of aromatic nitrogens is 2. The Morgan fingerprint density at radius 3 is 2.74 bits per heavy atom. The van der Waals surface area contributed by atoms with E-state index in [1.165, 1.54) is 6.07 Å². The molecule has 2 fully saturated rings. The second-order valence-corrected chi connectivity index (χ2v) is 10.2. The molecule has 1 saturated carbocycles. The quantitative estimate of drug-likeness (QED) is 0.629. The van der Waals surface area contributed by atoms with Gasteiger partial charge in [0.05, 0.1) is 11.9 Å². The first kappa shape index (κ1) is 24.2. The first-order valence-corrected chi connectivity index (χ1v) is 11.9. The van der Waals surface area contributed by atoms with Gasteiger partial charge >= 0.3 is 6.09 Å². The van der Waals surface area contributed by atoms with Gasteiger partial charge in [0.1, 0.15) is 17.5 Å². The molecule has 1 aromatic carbocycles. The Labute approximate surface area is 199 Å². The lowest BCUT2D eigenvalue weighted by Crippen LogP contribution is -2.57. The van der Waals surface area contributed by atoms with E-state index < -0.39 is 23.9 Å². The number of halogens is 1. The summed E-state index contributed by atoms with van der Waals surface area (Å²) in [6, 6.07) is 6.22. The van der Waals surface area contributed by atoms with Crippen molar-refractivity contribution in [1.29, 1.82) is 0 Å². The normalized spacial score (nSPS) is 22.6. The number of ether oxygens (including phenoxy) is 1. The second kappa shape index (κ2) is 9.37. The zero-order valence-corrected chi connectivity index (χ0v) is 20.3. The topological polar surface area (TPSA) is 102 Å². The number of carbonyl (C=O) groups excluding carboxylic acids is 2. The maximum absolute atomic E-state index is 14.9. The van der Waals surface area contributed by atoms with Gasteiger partial charge in [0, 0.05) is 30.8 Å². The van der Waals surface area contributed by atoms with Crippen LogP contribution in [-0.4, -0.2) is 50.5 Å². The van der Waals surface area contributed by atoms with Gasteiger partial charge in [-0.3, -0.25) is 14.4 Å². The molecule has 2 bridgehead atoms. The molecule has 2 amide bonds. The van der Waals surface area contributed by atoms with E-state index in [-0.39, 0.29) is 30.1 Å². The zero-order chi connectivity index (χ0) is 24.6. The van der Waals surface area contributed by atoms with Crippen molar-refractivity contribution in [2.75, 3.05) is 0 Å². The number of hydrogen-bond donors (Lipinski definition) is 2. The number of benzene rings is 1. The van der Waals surface area contributed by atoms with Gasteiger partial charge in [-0.25, -0.2) is 9.18 Å². The molecular formula is C25H34FN5O3. The Hall–Kier alpha value is -2.94. The third kappa shape index (κ3) is 4.94. The summed E-state index contributed by atoms with van der Waals surface area (Å²) in [4.78, 5) is 27.5. The van der Waals surface area contributed by atoms with Crippen LogP contribution in [0.3, 0.4) is 0 Å². The highest BCUT2D eigenvalue weighted by Gasteiger charge is 2.52. The Kier molecular flexibility index (Phi) is 6.66. The maximum Gasteiger partial charge on any atom is 0.411 e. The molecule has 1 aromatic heterocycles. The highest BCUT2D eigenvalue weighted by Crippen LogP contribution is 2.43. The van der Waals surface area contributed by atoms with Gasteiger partial charge in [0.15, 0.2) is 0 Å². The van der Waals surface area contributed by atoms with Crippen molar-refractivity contribution in [2.24, 2.45) is 11.7 Å². The molecule has 4 rings (SSSR count). The van der Waals surface area contributed by atoms with Gasteiger partial charge < -0.3 is 15.8 Å². The summed E-state index contributed by atoms with van der Waals surface area (Å²) in [5, 5.41) is 7.02. The zero-order valence-electron chi connectivity index (χ0n) is 20.3. The molecule has 0 radical (unpaired) electrons. The van der Waals surface area contributed by atoms with Crippen LogP contribution in [0.15, 0.2) is 30.5 Å². The molecule has 2 aliphatic rings. The van der Waals surface area contributed by atoms with E-state index in [1.54, 1.807) is 42.6 Å². The first-order valence-electron chi connectivity index (χ1n) is 11.9. The van der Waals surface area contributed by atoms with E-state index in [9.17, 15) is 14.0 Å². The molecule has 3 N–H and O–H groups in total. The number of fused-ring (bicyclic) bond motifs is 2. The minimum absolute atomic E-state index is 0.00775. The number of nitrogens with two attached hydrogens (primary N) is 1. The summed E-state index contributed by atoms with van der Waals surface area (Å²) in [6.45, 7) is 8.08. The molecule has 2 heterocycles. The van der Waals surface area contributed by atoms with Crippen LogP contribution in [0.5, 0.6) is 0 Å². The molecule has 8 nitrogen and oxygen atoms in total. The average molecular weight is 472 g/mol. The molecule has 4 unspecified atom stereocenters. The third-order valence-corrected chi connectivity index (χ3v) is 6.59. The molecule has 34 heavy (non-hydrogen) atoms. The maximum atomic E-state index is 14.9. The van der Waals surface area contributed by atoms with Crippen LogP contribution in [-0.2, 0) is 22.5 Å². The van der Waals surface area contributed by atoms with Crippen LogP contribution >= 0.6 is 0 Å². The number of hydrogen-bond acceptors (Lipinski definition) is 5. The Balaban J connectivity index is 1.42. The molecule has 9 heteroatoms. The number of rotatable bonds is 6. The fourth-order valence-electron chi connectivity index (χ4n) is 5.16. The SMILES string of the molecule is CCn1nccc1-c1ccc(CC(N)NC(=O)C2C3CCC(C3)N2C(=O)OC(C)(C)C)c(F)c1. The van der Waals surface area contributed by atoms with E-state index in [0.717, 1.165) is 30.5 Å². The van der Waals surface area contributed by atoms with Gasteiger partial charge in [-0.15, -0.1) is 0 Å². The highest BCUT2D eigenvalue weighted by molar-refractivity contribution is 5.87. The number of nitrogens with zero attached hydrogens (tertiary/aromatic N) is 3. The molecule has 1 aliphatic heterocycles. The van der Waals surface area contributed by atoms with Crippen LogP contribution in [0.4, 0.5) is 9.18 Å². The lowest BCUT2D eigenvalue weighted by Gasteiger charge is -2.36. The molecule has 1 saturated heterocycles. The standard InChI is InChI=1S/C25H34FN5O3/c1-5-30-20(10-11-28-30)16-7-6-15(19(26)13-16)14-21(27)29-23(32)22-17-8-9-18(12-17)31(22)24(33)34-25(2,3)4/h6-7,10-11,13,17-18,21-22H,5,8-9,12,14,27H2,1-4H3,(H,29,32). The summed E-state index contributed by atoms with van der Waals surface area (Å²) >= 11 is 0. The van der Waals surface area contributed by atoms with Crippen molar-refractivity contribution in [1.82, 2.24) is 20.0 Å². The van der Waals surface area contributed by atoms with Crippen LogP contribution in [0, 0.1) is 11.7 Å². The Morgan fingerprint density at radius 2 is 2.06 bits per heavy atom. The van der Waals surface area contributed by atoms with Gasteiger partial charge in [0.2, 0.25) is 5.91 Å². The smallest absolute Gasteiger partial charge is 0.411 e. The lowest BCUT2D eigenvalue weighted by molar-refractivity contribution is -0.128. The van der Waals surface area contributed by atoms with Gasteiger partial charge in [0.25, 0.3) is 0 Å². The molecule has 4 atom stereocenters. The van der Waals surface area contributed by atoms with Crippen molar-refractivity contribution >= 4 is 12.0 Å². The summed E-state index contributed by atoms with van der Waals surface area (Å²) in [6.07, 6.45) is 3.12. The number of nitrogens with one attached hydrogen (secondary N) is 1.